The topological polar surface area (TPSA) is 49.4 Å². The summed E-state index contributed by atoms with van der Waals surface area (Å²) in [5.41, 5.74) is 4.37. The van der Waals surface area contributed by atoms with E-state index in [0.29, 0.717) is 17.8 Å². The first-order valence-electron chi connectivity index (χ1n) is 10.8. The van der Waals surface area contributed by atoms with E-state index in [4.69, 9.17) is 0 Å². The molecule has 1 N–H and O–H groups in total. The third-order valence-electron chi connectivity index (χ3n) is 6.16. The van der Waals surface area contributed by atoms with Crippen molar-refractivity contribution in [3.8, 4) is 0 Å². The first-order valence-corrected chi connectivity index (χ1v) is 11.7. The number of nitrogens with one attached hydrogen (secondary N) is 1. The minimum atomic E-state index is -0.0880. The second-order valence-electron chi connectivity index (χ2n) is 8.19. The summed E-state index contributed by atoms with van der Waals surface area (Å²) in [6.45, 7) is 3.28. The molecule has 0 atom stereocenters. The summed E-state index contributed by atoms with van der Waals surface area (Å²) in [5, 5.41) is 7.33. The Labute approximate surface area is 191 Å². The minimum absolute atomic E-state index is 0.0181. The largest absolute Gasteiger partial charge is 0.334 e. The van der Waals surface area contributed by atoms with E-state index in [0.717, 1.165) is 34.9 Å². The average Bonchev–Trinajstić information content (AvgIpc) is 3.28. The van der Waals surface area contributed by atoms with E-state index in [1.54, 1.807) is 11.3 Å². The lowest BCUT2D eigenvalue weighted by Gasteiger charge is -2.28. The number of thiophene rings is 1. The Kier molecular flexibility index (Phi) is 5.50. The maximum Gasteiger partial charge on any atom is 0.254 e. The zero-order chi connectivity index (χ0) is 22.1. The molecule has 1 aliphatic rings. The van der Waals surface area contributed by atoms with E-state index >= 15 is 0 Å². The van der Waals surface area contributed by atoms with Gasteiger partial charge in [0.05, 0.1) is 6.42 Å². The number of benzene rings is 3. The van der Waals surface area contributed by atoms with Gasteiger partial charge < -0.3 is 10.2 Å². The molecule has 0 saturated heterocycles. The van der Waals surface area contributed by atoms with Gasteiger partial charge in [0.1, 0.15) is 0 Å². The fourth-order valence-electron chi connectivity index (χ4n) is 4.41. The zero-order valence-corrected chi connectivity index (χ0v) is 18.7. The van der Waals surface area contributed by atoms with Crippen molar-refractivity contribution in [3.05, 3.63) is 99.2 Å². The van der Waals surface area contributed by atoms with Crippen LogP contribution in [0, 0.1) is 6.92 Å². The summed E-state index contributed by atoms with van der Waals surface area (Å²) in [6, 6.07) is 21.8. The molecule has 0 bridgehead atoms. The average molecular weight is 441 g/mol. The molecule has 1 aliphatic heterocycles. The van der Waals surface area contributed by atoms with Gasteiger partial charge in [-0.25, -0.2) is 0 Å². The van der Waals surface area contributed by atoms with E-state index in [2.05, 4.69) is 28.9 Å². The van der Waals surface area contributed by atoms with Crippen molar-refractivity contribution in [1.82, 2.24) is 4.90 Å². The van der Waals surface area contributed by atoms with E-state index in [1.807, 2.05) is 60.4 Å². The van der Waals surface area contributed by atoms with Gasteiger partial charge in [-0.1, -0.05) is 48.5 Å². The highest BCUT2D eigenvalue weighted by Crippen LogP contribution is 2.27. The molecule has 32 heavy (non-hydrogen) atoms. The second kappa shape index (κ2) is 8.60. The maximum absolute atomic E-state index is 13.2. The van der Waals surface area contributed by atoms with Crippen LogP contribution < -0.4 is 5.32 Å². The highest BCUT2D eigenvalue weighted by Gasteiger charge is 2.24. The Bertz CT molecular complexity index is 1320. The molecule has 0 radical (unpaired) electrons. The highest BCUT2D eigenvalue weighted by molar-refractivity contribution is 7.10. The van der Waals surface area contributed by atoms with Crippen LogP contribution in [0.25, 0.3) is 10.8 Å². The monoisotopic (exact) mass is 440 g/mol. The molecule has 0 aliphatic carbocycles. The number of carbonyl (C=O) groups excluding carboxylic acids is 2. The summed E-state index contributed by atoms with van der Waals surface area (Å²) in [7, 11) is 0. The standard InChI is InChI=1S/C27H24N2O2S/c1-18-22(27(31)29-14-12-25-21(17-29)13-15-32-25)10-5-11-24(18)28-26(30)16-20-8-4-7-19-6-2-3-9-23(19)20/h2-11,13,15H,12,14,16-17H2,1H3,(H,28,30). The molecule has 0 saturated carbocycles. The lowest BCUT2D eigenvalue weighted by atomic mass is 10.0. The minimum Gasteiger partial charge on any atom is -0.334 e. The predicted octanol–water partition coefficient (Wildman–Crippen LogP) is 5.59. The van der Waals surface area contributed by atoms with Crippen LogP contribution in [0.1, 0.15) is 31.9 Å². The van der Waals surface area contributed by atoms with Gasteiger partial charge in [0, 0.05) is 29.2 Å². The van der Waals surface area contributed by atoms with Gasteiger partial charge in [-0.2, -0.15) is 0 Å². The second-order valence-corrected chi connectivity index (χ2v) is 9.19. The summed E-state index contributed by atoms with van der Waals surface area (Å²) in [6.07, 6.45) is 1.19. The quantitative estimate of drug-likeness (QED) is 0.450. The molecule has 2 amide bonds. The number of carbonyl (C=O) groups is 2. The SMILES string of the molecule is Cc1c(NC(=O)Cc2cccc3ccccc23)cccc1C(=O)N1CCc2sccc2C1. The van der Waals surface area contributed by atoms with Crippen LogP contribution in [0.15, 0.2) is 72.1 Å². The molecular weight excluding hydrogens is 416 g/mol. The number of nitrogens with zero attached hydrogens (tertiary/aromatic N) is 1. The molecule has 5 heteroatoms. The Morgan fingerprint density at radius 2 is 1.81 bits per heavy atom. The Balaban J connectivity index is 1.33. The molecule has 0 spiro atoms. The van der Waals surface area contributed by atoms with E-state index < -0.39 is 0 Å². The molecule has 1 aromatic heterocycles. The van der Waals surface area contributed by atoms with Crippen molar-refractivity contribution >= 4 is 39.6 Å². The number of rotatable bonds is 4. The smallest absolute Gasteiger partial charge is 0.254 e. The van der Waals surface area contributed by atoms with Crippen molar-refractivity contribution in [2.75, 3.05) is 11.9 Å². The van der Waals surface area contributed by atoms with Crippen molar-refractivity contribution in [2.45, 2.75) is 26.3 Å². The lowest BCUT2D eigenvalue weighted by Crippen LogP contribution is -2.35. The Hall–Kier alpha value is -3.44. The summed E-state index contributed by atoms with van der Waals surface area (Å²) in [5.74, 6) is -0.0700. The Morgan fingerprint density at radius 3 is 2.72 bits per heavy atom. The number of fused-ring (bicyclic) bond motifs is 2. The molecule has 2 heterocycles. The summed E-state index contributed by atoms with van der Waals surface area (Å²) in [4.78, 5) is 29.4. The van der Waals surface area contributed by atoms with Crippen LogP contribution in [-0.2, 0) is 24.2 Å². The highest BCUT2D eigenvalue weighted by atomic mass is 32.1. The molecule has 3 aromatic carbocycles. The van der Waals surface area contributed by atoms with Crippen molar-refractivity contribution in [2.24, 2.45) is 0 Å². The number of anilines is 1. The number of hydrogen-bond acceptors (Lipinski definition) is 3. The van der Waals surface area contributed by atoms with Crippen LogP contribution in [0.2, 0.25) is 0 Å². The number of hydrogen-bond donors (Lipinski definition) is 1. The van der Waals surface area contributed by atoms with Crippen molar-refractivity contribution < 1.29 is 9.59 Å². The summed E-state index contributed by atoms with van der Waals surface area (Å²) >= 11 is 1.76. The number of amides is 2. The van der Waals surface area contributed by atoms with Gasteiger partial charge in [0.15, 0.2) is 0 Å². The van der Waals surface area contributed by atoms with Crippen LogP contribution in [0.4, 0.5) is 5.69 Å². The van der Waals surface area contributed by atoms with Crippen molar-refractivity contribution in [1.29, 1.82) is 0 Å². The van der Waals surface area contributed by atoms with Crippen LogP contribution in [0.3, 0.4) is 0 Å². The first kappa shape index (κ1) is 20.5. The zero-order valence-electron chi connectivity index (χ0n) is 17.9. The molecule has 4 nitrogen and oxygen atoms in total. The fourth-order valence-corrected chi connectivity index (χ4v) is 5.30. The first-order chi connectivity index (χ1) is 15.6. The van der Waals surface area contributed by atoms with Gasteiger partial charge >= 0.3 is 0 Å². The lowest BCUT2D eigenvalue weighted by molar-refractivity contribution is -0.115. The molecule has 5 rings (SSSR count). The third kappa shape index (κ3) is 3.92. The normalized spacial score (nSPS) is 13.1. The van der Waals surface area contributed by atoms with Gasteiger partial charge in [-0.05, 0) is 64.4 Å². The third-order valence-corrected chi connectivity index (χ3v) is 7.19. The van der Waals surface area contributed by atoms with E-state index in [1.165, 1.54) is 10.4 Å². The molecular formula is C27H24N2O2S. The molecule has 4 aromatic rings. The van der Waals surface area contributed by atoms with E-state index in [-0.39, 0.29) is 18.2 Å². The van der Waals surface area contributed by atoms with Gasteiger partial charge in [-0.15, -0.1) is 11.3 Å². The fraction of sp³-hybridized carbons (Fsp3) is 0.185. The summed E-state index contributed by atoms with van der Waals surface area (Å²) < 4.78 is 0. The van der Waals surface area contributed by atoms with Gasteiger partial charge in [0.25, 0.3) is 5.91 Å². The molecule has 0 fully saturated rings. The molecule has 160 valence electrons. The molecule has 0 unspecified atom stereocenters. The maximum atomic E-state index is 13.2. The van der Waals surface area contributed by atoms with Crippen LogP contribution >= 0.6 is 11.3 Å². The van der Waals surface area contributed by atoms with E-state index in [9.17, 15) is 9.59 Å². The van der Waals surface area contributed by atoms with Crippen molar-refractivity contribution in [3.63, 3.8) is 0 Å². The Morgan fingerprint density at radius 1 is 1.00 bits per heavy atom. The van der Waals surface area contributed by atoms with Crippen LogP contribution in [-0.4, -0.2) is 23.3 Å². The van der Waals surface area contributed by atoms with Gasteiger partial charge in [0.2, 0.25) is 5.91 Å². The van der Waals surface area contributed by atoms with Crippen LogP contribution in [0.5, 0.6) is 0 Å². The predicted molar refractivity (Wildman–Crippen MR) is 130 cm³/mol. The van der Waals surface area contributed by atoms with Gasteiger partial charge in [-0.3, -0.25) is 9.59 Å².